The number of rotatable bonds is 5. The minimum Gasteiger partial charge on any atom is -0.489 e. The summed E-state index contributed by atoms with van der Waals surface area (Å²) < 4.78 is 5.57. The topological polar surface area (TPSA) is 78.4 Å². The smallest absolute Gasteiger partial charge is 0.276 e. The first-order valence-corrected chi connectivity index (χ1v) is 6.76. The van der Waals surface area contributed by atoms with E-state index < -0.39 is 4.92 Å². The number of ether oxygens (including phenoxy) is 1. The summed E-state index contributed by atoms with van der Waals surface area (Å²) in [7, 11) is 0. The molecular formula is C15H15ClN2O3. The van der Waals surface area contributed by atoms with Crippen LogP contribution in [0.2, 0.25) is 5.02 Å². The summed E-state index contributed by atoms with van der Waals surface area (Å²) in [6.07, 6.45) is 0. The molecule has 6 heteroatoms. The van der Waals surface area contributed by atoms with Crippen molar-refractivity contribution in [2.45, 2.75) is 19.6 Å². The van der Waals surface area contributed by atoms with Gasteiger partial charge in [-0.3, -0.25) is 10.1 Å². The van der Waals surface area contributed by atoms with Gasteiger partial charge in [0.15, 0.2) is 0 Å². The number of halogens is 1. The lowest BCUT2D eigenvalue weighted by molar-refractivity contribution is -0.385. The predicted molar refractivity (Wildman–Crippen MR) is 81.5 cm³/mol. The zero-order valence-electron chi connectivity index (χ0n) is 11.5. The molecule has 2 N–H and O–H groups in total. The van der Waals surface area contributed by atoms with E-state index in [1.807, 2.05) is 19.1 Å². The van der Waals surface area contributed by atoms with Gasteiger partial charge in [-0.2, -0.15) is 0 Å². The number of nitro benzene ring substituents is 1. The highest BCUT2D eigenvalue weighted by molar-refractivity contribution is 6.30. The monoisotopic (exact) mass is 306 g/mol. The molecule has 0 saturated heterocycles. The van der Waals surface area contributed by atoms with Crippen LogP contribution in [0, 0.1) is 10.1 Å². The van der Waals surface area contributed by atoms with Crippen LogP contribution in [-0.2, 0) is 6.61 Å². The third-order valence-electron chi connectivity index (χ3n) is 3.04. The fraction of sp³-hybridized carbons (Fsp3) is 0.200. The van der Waals surface area contributed by atoms with Crippen molar-refractivity contribution in [1.29, 1.82) is 0 Å². The van der Waals surface area contributed by atoms with Gasteiger partial charge in [0, 0.05) is 17.1 Å². The van der Waals surface area contributed by atoms with Gasteiger partial charge in [-0.15, -0.1) is 0 Å². The Morgan fingerprint density at radius 2 is 1.95 bits per heavy atom. The Bertz CT molecular complexity index is 642. The number of nitrogens with zero attached hydrogens (tertiary/aromatic N) is 1. The molecule has 110 valence electrons. The predicted octanol–water partition coefficient (Wildman–Crippen LogP) is 3.85. The molecule has 1 atom stereocenters. The fourth-order valence-electron chi connectivity index (χ4n) is 1.88. The van der Waals surface area contributed by atoms with Crippen LogP contribution in [0.4, 0.5) is 5.69 Å². The van der Waals surface area contributed by atoms with Crippen molar-refractivity contribution in [1.82, 2.24) is 0 Å². The highest BCUT2D eigenvalue weighted by Crippen LogP contribution is 2.24. The number of nitrogens with two attached hydrogens (primary N) is 1. The van der Waals surface area contributed by atoms with Crippen molar-refractivity contribution >= 4 is 17.3 Å². The van der Waals surface area contributed by atoms with Crippen molar-refractivity contribution in [3.05, 3.63) is 68.7 Å². The zero-order chi connectivity index (χ0) is 15.4. The molecule has 21 heavy (non-hydrogen) atoms. The standard InChI is InChI=1S/C15H15ClN2O3/c1-10(17)11-2-5-14(6-3-11)21-9-12-8-13(16)4-7-15(12)18(19)20/h2-8,10H,9,17H2,1H3/t10-/m1/s1. The molecule has 0 bridgehead atoms. The molecule has 2 aromatic rings. The number of hydrogen-bond donors (Lipinski definition) is 1. The largest absolute Gasteiger partial charge is 0.489 e. The van der Waals surface area contributed by atoms with Crippen LogP contribution in [0.25, 0.3) is 0 Å². The summed E-state index contributed by atoms with van der Waals surface area (Å²) in [6, 6.07) is 11.7. The van der Waals surface area contributed by atoms with Crippen molar-refractivity contribution in [3.8, 4) is 5.75 Å². The number of nitro groups is 1. The van der Waals surface area contributed by atoms with Crippen molar-refractivity contribution < 1.29 is 9.66 Å². The number of hydrogen-bond acceptors (Lipinski definition) is 4. The van der Waals surface area contributed by atoms with Crippen LogP contribution in [0.15, 0.2) is 42.5 Å². The third kappa shape index (κ3) is 3.93. The molecule has 2 rings (SSSR count). The summed E-state index contributed by atoms with van der Waals surface area (Å²) in [5, 5.41) is 11.4. The summed E-state index contributed by atoms with van der Waals surface area (Å²) in [4.78, 5) is 10.5. The maximum Gasteiger partial charge on any atom is 0.276 e. The van der Waals surface area contributed by atoms with E-state index in [9.17, 15) is 10.1 Å². The average Bonchev–Trinajstić information content (AvgIpc) is 2.45. The maximum atomic E-state index is 11.0. The van der Waals surface area contributed by atoms with Gasteiger partial charge in [0.05, 0.1) is 10.5 Å². The Kier molecular flexibility index (Phi) is 4.77. The molecule has 5 nitrogen and oxygen atoms in total. The van der Waals surface area contributed by atoms with E-state index in [1.165, 1.54) is 18.2 Å². The van der Waals surface area contributed by atoms with Gasteiger partial charge in [0.2, 0.25) is 0 Å². The van der Waals surface area contributed by atoms with E-state index in [1.54, 1.807) is 12.1 Å². The highest BCUT2D eigenvalue weighted by atomic mass is 35.5. The Morgan fingerprint density at radius 3 is 2.52 bits per heavy atom. The molecule has 0 aliphatic carbocycles. The molecule has 2 aromatic carbocycles. The van der Waals surface area contributed by atoms with E-state index in [0.717, 1.165) is 5.56 Å². The molecule has 0 saturated carbocycles. The van der Waals surface area contributed by atoms with E-state index in [0.29, 0.717) is 16.3 Å². The van der Waals surface area contributed by atoms with Crippen LogP contribution in [0.1, 0.15) is 24.1 Å². The molecule has 0 spiro atoms. The van der Waals surface area contributed by atoms with Crippen LogP contribution in [-0.4, -0.2) is 4.92 Å². The van der Waals surface area contributed by atoms with Crippen molar-refractivity contribution in [2.24, 2.45) is 5.73 Å². The molecule has 0 aliphatic heterocycles. The van der Waals surface area contributed by atoms with E-state index >= 15 is 0 Å². The second-order valence-electron chi connectivity index (χ2n) is 4.68. The first kappa shape index (κ1) is 15.3. The molecule has 0 heterocycles. The van der Waals surface area contributed by atoms with Gasteiger partial charge in [-0.1, -0.05) is 23.7 Å². The van der Waals surface area contributed by atoms with Gasteiger partial charge >= 0.3 is 0 Å². The first-order chi connectivity index (χ1) is 9.97. The summed E-state index contributed by atoms with van der Waals surface area (Å²) >= 11 is 5.87. The average molecular weight is 307 g/mol. The lowest BCUT2D eigenvalue weighted by atomic mass is 10.1. The highest BCUT2D eigenvalue weighted by Gasteiger charge is 2.14. The Morgan fingerprint density at radius 1 is 1.29 bits per heavy atom. The Balaban J connectivity index is 2.12. The Hall–Kier alpha value is -2.11. The Labute approximate surface area is 127 Å². The summed E-state index contributed by atoms with van der Waals surface area (Å²) in [5.41, 5.74) is 7.19. The molecule has 0 unspecified atom stereocenters. The number of benzene rings is 2. The van der Waals surface area contributed by atoms with Gasteiger partial charge in [-0.25, -0.2) is 0 Å². The van der Waals surface area contributed by atoms with Crippen LogP contribution >= 0.6 is 11.6 Å². The summed E-state index contributed by atoms with van der Waals surface area (Å²) in [5.74, 6) is 0.619. The van der Waals surface area contributed by atoms with Crippen LogP contribution < -0.4 is 10.5 Å². The molecule has 0 aromatic heterocycles. The first-order valence-electron chi connectivity index (χ1n) is 6.38. The fourth-order valence-corrected chi connectivity index (χ4v) is 2.07. The second-order valence-corrected chi connectivity index (χ2v) is 5.11. The molecule has 0 radical (unpaired) electrons. The second kappa shape index (κ2) is 6.56. The molecule has 0 fully saturated rings. The SMILES string of the molecule is C[C@@H](N)c1ccc(OCc2cc(Cl)ccc2[N+](=O)[O-])cc1. The quantitative estimate of drug-likeness (QED) is 0.672. The van der Waals surface area contributed by atoms with Crippen LogP contribution in [0.5, 0.6) is 5.75 Å². The molecular weight excluding hydrogens is 292 g/mol. The lowest BCUT2D eigenvalue weighted by Crippen LogP contribution is -2.05. The normalized spacial score (nSPS) is 12.0. The van der Waals surface area contributed by atoms with Gasteiger partial charge in [-0.05, 0) is 36.8 Å². The minimum absolute atomic E-state index is 0.00778. The zero-order valence-corrected chi connectivity index (χ0v) is 12.2. The van der Waals surface area contributed by atoms with E-state index in [2.05, 4.69) is 0 Å². The summed E-state index contributed by atoms with van der Waals surface area (Å²) in [6.45, 7) is 1.97. The lowest BCUT2D eigenvalue weighted by Gasteiger charge is -2.09. The third-order valence-corrected chi connectivity index (χ3v) is 3.27. The van der Waals surface area contributed by atoms with Gasteiger partial charge in [0.25, 0.3) is 5.69 Å². The van der Waals surface area contributed by atoms with Crippen molar-refractivity contribution in [2.75, 3.05) is 0 Å². The molecule has 0 amide bonds. The van der Waals surface area contributed by atoms with Gasteiger partial charge < -0.3 is 10.5 Å². The van der Waals surface area contributed by atoms with Gasteiger partial charge in [0.1, 0.15) is 12.4 Å². The van der Waals surface area contributed by atoms with E-state index in [-0.39, 0.29) is 18.3 Å². The minimum atomic E-state index is -0.450. The van der Waals surface area contributed by atoms with Crippen molar-refractivity contribution in [3.63, 3.8) is 0 Å². The maximum absolute atomic E-state index is 11.0. The van der Waals surface area contributed by atoms with E-state index in [4.69, 9.17) is 22.1 Å². The molecule has 0 aliphatic rings. The van der Waals surface area contributed by atoms with Crippen LogP contribution in [0.3, 0.4) is 0 Å².